The zero-order valence-corrected chi connectivity index (χ0v) is 13.8. The lowest BCUT2D eigenvalue weighted by molar-refractivity contribution is 0.372. The van der Waals surface area contributed by atoms with Gasteiger partial charge < -0.3 is 5.73 Å². The van der Waals surface area contributed by atoms with Gasteiger partial charge in [0, 0.05) is 11.7 Å². The van der Waals surface area contributed by atoms with Gasteiger partial charge in [-0.3, -0.25) is 0 Å². The first-order valence-electron chi connectivity index (χ1n) is 6.38. The smallest absolute Gasteiger partial charge is 0.243 e. The molecule has 7 heteroatoms. The maximum absolute atomic E-state index is 14.0. The first kappa shape index (κ1) is 15.7. The molecular weight excluding hydrogens is 347 g/mol. The monoisotopic (exact) mass is 364 g/mol. The topological polar surface area (TPSA) is 72.2 Å². The SMILES string of the molecule is CC1(C)CCC(NS(=O)(=O)c2cc(N)cc(Br)c2F)C1. The van der Waals surface area contributed by atoms with Crippen molar-refractivity contribution in [2.45, 2.75) is 44.0 Å². The molecule has 0 aliphatic heterocycles. The summed E-state index contributed by atoms with van der Waals surface area (Å²) in [6.07, 6.45) is 2.46. The second-order valence-electron chi connectivity index (χ2n) is 6.04. The Balaban J connectivity index is 2.28. The first-order chi connectivity index (χ1) is 9.11. The average Bonchev–Trinajstić information content (AvgIpc) is 2.62. The minimum absolute atomic E-state index is 0.0460. The van der Waals surface area contributed by atoms with Crippen molar-refractivity contribution in [2.75, 3.05) is 5.73 Å². The van der Waals surface area contributed by atoms with Crippen LogP contribution in [0.4, 0.5) is 10.1 Å². The van der Waals surface area contributed by atoms with Crippen LogP contribution < -0.4 is 10.5 Å². The van der Waals surface area contributed by atoms with Crippen molar-refractivity contribution in [3.05, 3.63) is 22.4 Å². The number of rotatable bonds is 3. The molecule has 0 radical (unpaired) electrons. The van der Waals surface area contributed by atoms with Crippen LogP contribution in [0, 0.1) is 11.2 Å². The van der Waals surface area contributed by atoms with Crippen LogP contribution in [0.15, 0.2) is 21.5 Å². The molecule has 1 fully saturated rings. The molecule has 1 saturated carbocycles. The molecule has 0 spiro atoms. The molecule has 1 aliphatic carbocycles. The molecule has 4 nitrogen and oxygen atoms in total. The van der Waals surface area contributed by atoms with Gasteiger partial charge >= 0.3 is 0 Å². The van der Waals surface area contributed by atoms with Crippen molar-refractivity contribution in [3.8, 4) is 0 Å². The first-order valence-corrected chi connectivity index (χ1v) is 8.65. The summed E-state index contributed by atoms with van der Waals surface area (Å²) in [7, 11) is -3.90. The Labute approximate surface area is 127 Å². The van der Waals surface area contributed by atoms with Gasteiger partial charge in [0.1, 0.15) is 4.90 Å². The Kier molecular flexibility index (Phi) is 4.15. The second kappa shape index (κ2) is 5.27. The molecule has 1 aromatic rings. The Morgan fingerprint density at radius 1 is 1.45 bits per heavy atom. The molecule has 1 aromatic carbocycles. The fraction of sp³-hybridized carbons (Fsp3) is 0.538. The third-order valence-electron chi connectivity index (χ3n) is 3.60. The average molecular weight is 365 g/mol. The van der Waals surface area contributed by atoms with Gasteiger partial charge in [0.15, 0.2) is 5.82 Å². The van der Waals surface area contributed by atoms with Gasteiger partial charge in [0.05, 0.1) is 4.47 Å². The van der Waals surface area contributed by atoms with E-state index in [2.05, 4.69) is 34.5 Å². The second-order valence-corrected chi connectivity index (χ2v) is 8.58. The lowest BCUT2D eigenvalue weighted by Crippen LogP contribution is -2.34. The van der Waals surface area contributed by atoms with Crippen molar-refractivity contribution in [1.29, 1.82) is 0 Å². The molecule has 0 aromatic heterocycles. The molecule has 3 N–H and O–H groups in total. The molecule has 0 amide bonds. The van der Waals surface area contributed by atoms with Crippen LogP contribution in [0.3, 0.4) is 0 Å². The van der Waals surface area contributed by atoms with E-state index in [0.717, 1.165) is 25.3 Å². The highest BCUT2D eigenvalue weighted by Gasteiger charge is 2.34. The largest absolute Gasteiger partial charge is 0.399 e. The van der Waals surface area contributed by atoms with Gasteiger partial charge in [-0.15, -0.1) is 0 Å². The Hall–Kier alpha value is -0.660. The van der Waals surface area contributed by atoms with Crippen LogP contribution in [0.25, 0.3) is 0 Å². The Morgan fingerprint density at radius 2 is 2.10 bits per heavy atom. The number of hydrogen-bond acceptors (Lipinski definition) is 3. The normalized spacial score (nSPS) is 22.1. The highest BCUT2D eigenvalue weighted by atomic mass is 79.9. The number of anilines is 1. The number of halogens is 2. The van der Waals surface area contributed by atoms with Gasteiger partial charge in [0.2, 0.25) is 10.0 Å². The lowest BCUT2D eigenvalue weighted by atomic mass is 9.92. The summed E-state index contributed by atoms with van der Waals surface area (Å²) in [5, 5.41) is 0. The molecule has 1 unspecified atom stereocenters. The van der Waals surface area contributed by atoms with Gasteiger partial charge in [0.25, 0.3) is 0 Å². The highest BCUT2D eigenvalue weighted by Crippen LogP contribution is 2.37. The molecular formula is C13H18BrFN2O2S. The number of benzene rings is 1. The predicted molar refractivity (Wildman–Crippen MR) is 80.3 cm³/mol. The molecule has 1 aliphatic rings. The van der Waals surface area contributed by atoms with Crippen LogP contribution in [0.5, 0.6) is 0 Å². The van der Waals surface area contributed by atoms with E-state index >= 15 is 0 Å². The predicted octanol–water partition coefficient (Wildman–Crippen LogP) is 3.03. The fourth-order valence-corrected chi connectivity index (χ4v) is 4.61. The molecule has 0 bridgehead atoms. The zero-order chi connectivity index (χ0) is 15.1. The molecule has 1 atom stereocenters. The highest BCUT2D eigenvalue weighted by molar-refractivity contribution is 9.10. The van der Waals surface area contributed by atoms with E-state index in [-0.39, 0.29) is 21.6 Å². The van der Waals surface area contributed by atoms with Gasteiger partial charge in [-0.1, -0.05) is 13.8 Å². The van der Waals surface area contributed by atoms with Crippen LogP contribution >= 0.6 is 15.9 Å². The van der Waals surface area contributed by atoms with Crippen molar-refractivity contribution < 1.29 is 12.8 Å². The van der Waals surface area contributed by atoms with Crippen molar-refractivity contribution in [2.24, 2.45) is 5.41 Å². The van der Waals surface area contributed by atoms with Gasteiger partial charge in [-0.05, 0) is 52.7 Å². The quantitative estimate of drug-likeness (QED) is 0.809. The van der Waals surface area contributed by atoms with Gasteiger partial charge in [-0.25, -0.2) is 17.5 Å². The minimum Gasteiger partial charge on any atom is -0.399 e. The lowest BCUT2D eigenvalue weighted by Gasteiger charge is -2.18. The number of nitrogens with one attached hydrogen (secondary N) is 1. The number of hydrogen-bond donors (Lipinski definition) is 2. The van der Waals surface area contributed by atoms with Crippen molar-refractivity contribution >= 4 is 31.6 Å². The van der Waals surface area contributed by atoms with E-state index in [1.54, 1.807) is 0 Å². The summed E-state index contributed by atoms with van der Waals surface area (Å²) in [4.78, 5) is -0.408. The summed E-state index contributed by atoms with van der Waals surface area (Å²) in [6, 6.07) is 2.32. The van der Waals surface area contributed by atoms with Crippen molar-refractivity contribution in [3.63, 3.8) is 0 Å². The summed E-state index contributed by atoms with van der Waals surface area (Å²) in [5.74, 6) is -0.816. The number of nitrogens with two attached hydrogens (primary N) is 1. The molecule has 0 heterocycles. The van der Waals surface area contributed by atoms with Crippen LogP contribution in [0.1, 0.15) is 33.1 Å². The van der Waals surface area contributed by atoms with E-state index in [4.69, 9.17) is 5.73 Å². The van der Waals surface area contributed by atoms with Crippen LogP contribution in [-0.2, 0) is 10.0 Å². The molecule has 2 rings (SSSR count). The third kappa shape index (κ3) is 3.32. The van der Waals surface area contributed by atoms with E-state index in [9.17, 15) is 12.8 Å². The minimum atomic E-state index is -3.90. The van der Waals surface area contributed by atoms with Gasteiger partial charge in [-0.2, -0.15) is 0 Å². The zero-order valence-electron chi connectivity index (χ0n) is 11.4. The van der Waals surface area contributed by atoms with E-state index in [0.29, 0.717) is 0 Å². The van der Waals surface area contributed by atoms with Crippen LogP contribution in [-0.4, -0.2) is 14.5 Å². The molecule has 112 valence electrons. The van der Waals surface area contributed by atoms with Crippen molar-refractivity contribution in [1.82, 2.24) is 4.72 Å². The standard InChI is InChI=1S/C13H18BrFN2O2S/c1-13(2)4-3-9(7-13)17-20(18,19)11-6-8(16)5-10(14)12(11)15/h5-6,9,17H,3-4,7,16H2,1-2H3. The van der Waals surface area contributed by atoms with Crippen LogP contribution in [0.2, 0.25) is 0 Å². The molecule has 20 heavy (non-hydrogen) atoms. The fourth-order valence-electron chi connectivity index (χ4n) is 2.60. The van der Waals surface area contributed by atoms with E-state index in [1.165, 1.54) is 6.07 Å². The maximum atomic E-state index is 14.0. The van der Waals surface area contributed by atoms with E-state index in [1.807, 2.05) is 0 Å². The summed E-state index contributed by atoms with van der Waals surface area (Å²) in [5.41, 5.74) is 5.90. The number of sulfonamides is 1. The summed E-state index contributed by atoms with van der Waals surface area (Å²) >= 11 is 2.97. The molecule has 0 saturated heterocycles. The maximum Gasteiger partial charge on any atom is 0.243 e. The van der Waals surface area contributed by atoms with E-state index < -0.39 is 20.7 Å². The Bertz CT molecular complexity index is 632. The number of nitrogen functional groups attached to an aromatic ring is 1. The Morgan fingerprint density at radius 3 is 2.65 bits per heavy atom. The third-order valence-corrected chi connectivity index (χ3v) is 5.69. The summed E-state index contributed by atoms with van der Waals surface area (Å²) < 4.78 is 41.2. The summed E-state index contributed by atoms with van der Waals surface area (Å²) in [6.45, 7) is 4.19.